The lowest BCUT2D eigenvalue weighted by Crippen LogP contribution is -2.43. The quantitative estimate of drug-likeness (QED) is 0.447. The van der Waals surface area contributed by atoms with Crippen LogP contribution in [0.25, 0.3) is 0 Å². The fraction of sp³-hybridized carbons (Fsp3) is 0.526. The molecular weight excluding hydrogens is 353 g/mol. The third-order valence-corrected chi connectivity index (χ3v) is 3.39. The number of unbranched alkanes of at least 4 members (excludes halogenated alkanes) is 1. The first kappa shape index (κ1) is 22.3. The molecule has 0 saturated heterocycles. The first-order valence-corrected chi connectivity index (χ1v) is 8.84. The van der Waals surface area contributed by atoms with E-state index < -0.39 is 29.8 Å². The Morgan fingerprint density at radius 2 is 1.74 bits per heavy atom. The van der Waals surface area contributed by atoms with Crippen LogP contribution in [0, 0.1) is 0 Å². The molecule has 0 aromatic heterocycles. The number of hydrogen-bond donors (Lipinski definition) is 3. The van der Waals surface area contributed by atoms with Crippen LogP contribution in [0.15, 0.2) is 30.3 Å². The monoisotopic (exact) mass is 381 g/mol. The summed E-state index contributed by atoms with van der Waals surface area (Å²) in [5.74, 6) is -1.13. The van der Waals surface area contributed by atoms with Crippen molar-refractivity contribution in [2.45, 2.75) is 58.3 Å². The predicted molar refractivity (Wildman–Crippen MR) is 99.3 cm³/mol. The number of ether oxygens (including phenoxy) is 2. The molecule has 1 aromatic rings. The van der Waals surface area contributed by atoms with Crippen LogP contribution in [0.4, 0.5) is 9.59 Å². The van der Waals surface area contributed by atoms with E-state index in [1.165, 1.54) is 0 Å². The standard InChI is InChI=1S/C19H28N2O6/c1-19(2,3)27-18(25)21-15(16(22)23)11-7-8-12-20-17(24)26-13-14-9-5-4-6-10-14/h4-6,9-10,15H,7-8,11-13H2,1-3H3,(H,20,24)(H,21,25)(H,22,23)/t15-/m0/s1/i20+1. The number of rotatable bonds is 9. The molecule has 0 radical (unpaired) electrons. The van der Waals surface area contributed by atoms with Gasteiger partial charge in [-0.1, -0.05) is 30.3 Å². The number of benzene rings is 1. The lowest BCUT2D eigenvalue weighted by atomic mass is 10.1. The Balaban J connectivity index is 2.21. The van der Waals surface area contributed by atoms with E-state index in [1.807, 2.05) is 30.3 Å². The van der Waals surface area contributed by atoms with E-state index in [0.717, 1.165) is 5.56 Å². The number of hydrogen-bond acceptors (Lipinski definition) is 5. The number of nitrogens with one attached hydrogen (secondary N) is 2. The molecule has 150 valence electrons. The highest BCUT2D eigenvalue weighted by Crippen LogP contribution is 2.08. The van der Waals surface area contributed by atoms with Gasteiger partial charge in [-0.05, 0) is 45.6 Å². The van der Waals surface area contributed by atoms with Gasteiger partial charge < -0.3 is 25.2 Å². The van der Waals surface area contributed by atoms with Crippen LogP contribution in [0.1, 0.15) is 45.6 Å². The summed E-state index contributed by atoms with van der Waals surface area (Å²) in [6, 6.07) is 8.28. The molecule has 3 N–H and O–H groups in total. The Kier molecular flexibility index (Phi) is 9.12. The minimum atomic E-state index is -1.13. The largest absolute Gasteiger partial charge is 0.480 e. The van der Waals surface area contributed by atoms with Crippen LogP contribution >= 0.6 is 0 Å². The summed E-state index contributed by atoms with van der Waals surface area (Å²) < 4.78 is 10.1. The number of carbonyl (C=O) groups excluding carboxylic acids is 2. The highest BCUT2D eigenvalue weighted by molar-refractivity contribution is 5.79. The van der Waals surface area contributed by atoms with Crippen LogP contribution in [0.3, 0.4) is 0 Å². The fourth-order valence-electron chi connectivity index (χ4n) is 2.15. The van der Waals surface area contributed by atoms with E-state index in [4.69, 9.17) is 9.47 Å². The van der Waals surface area contributed by atoms with Crippen LogP contribution in [-0.2, 0) is 20.9 Å². The molecule has 0 unspecified atom stereocenters. The fourth-order valence-corrected chi connectivity index (χ4v) is 2.15. The molecule has 27 heavy (non-hydrogen) atoms. The van der Waals surface area contributed by atoms with Crippen LogP contribution in [0.5, 0.6) is 0 Å². The third-order valence-electron chi connectivity index (χ3n) is 3.39. The third kappa shape index (κ3) is 10.7. The Labute approximate surface area is 159 Å². The van der Waals surface area contributed by atoms with Gasteiger partial charge in [0.05, 0.1) is 0 Å². The van der Waals surface area contributed by atoms with E-state index in [2.05, 4.69) is 10.6 Å². The van der Waals surface area contributed by atoms with Crippen molar-refractivity contribution in [3.05, 3.63) is 35.9 Å². The summed E-state index contributed by atoms with van der Waals surface area (Å²) in [6.07, 6.45) is -0.000568. The maximum absolute atomic E-state index is 11.7. The van der Waals surface area contributed by atoms with Crippen molar-refractivity contribution in [3.8, 4) is 0 Å². The van der Waals surface area contributed by atoms with Crippen molar-refractivity contribution in [3.63, 3.8) is 0 Å². The smallest absolute Gasteiger partial charge is 0.408 e. The summed E-state index contributed by atoms with van der Waals surface area (Å²) in [5.41, 5.74) is 0.196. The summed E-state index contributed by atoms with van der Waals surface area (Å²) >= 11 is 0. The maximum atomic E-state index is 11.7. The highest BCUT2D eigenvalue weighted by Gasteiger charge is 2.23. The minimum Gasteiger partial charge on any atom is -0.480 e. The number of carbonyl (C=O) groups is 3. The summed E-state index contributed by atoms with van der Waals surface area (Å²) in [6.45, 7) is 5.64. The van der Waals surface area contributed by atoms with Gasteiger partial charge in [0.25, 0.3) is 0 Å². The molecule has 0 bridgehead atoms. The number of carboxylic acid groups (broad SMARTS) is 1. The molecule has 0 heterocycles. The highest BCUT2D eigenvalue weighted by atomic mass is 16.6. The Morgan fingerprint density at radius 3 is 2.33 bits per heavy atom. The van der Waals surface area contributed by atoms with E-state index in [-0.39, 0.29) is 13.0 Å². The number of amides is 2. The van der Waals surface area contributed by atoms with E-state index in [9.17, 15) is 19.5 Å². The molecule has 8 heteroatoms. The van der Waals surface area contributed by atoms with Crippen LogP contribution < -0.4 is 10.6 Å². The zero-order valence-electron chi connectivity index (χ0n) is 16.0. The molecule has 1 rings (SSSR count). The number of aliphatic carboxylic acids is 1. The lowest BCUT2D eigenvalue weighted by molar-refractivity contribution is -0.139. The van der Waals surface area contributed by atoms with Crippen molar-refractivity contribution >= 4 is 18.2 Å². The van der Waals surface area contributed by atoms with Crippen molar-refractivity contribution in [2.24, 2.45) is 0 Å². The van der Waals surface area contributed by atoms with Crippen molar-refractivity contribution in [2.75, 3.05) is 6.54 Å². The topological polar surface area (TPSA) is 114 Å². The predicted octanol–water partition coefficient (Wildman–Crippen LogP) is 3.06. The van der Waals surface area contributed by atoms with Crippen LogP contribution in [-0.4, -0.2) is 41.4 Å². The molecular formula is C19H28N2O6. The SMILES string of the molecule is CC(C)(C)OC(=O)N[C@@H](CCCC[15NH]C(=O)OCc1ccccc1)C(=O)O. The van der Waals surface area contributed by atoms with Gasteiger partial charge in [0.2, 0.25) is 0 Å². The molecule has 0 fully saturated rings. The van der Waals surface area contributed by atoms with Crippen molar-refractivity contribution < 1.29 is 29.0 Å². The molecule has 1 aromatic carbocycles. The Bertz CT molecular complexity index is 612. The minimum absolute atomic E-state index is 0.188. The molecule has 0 aliphatic carbocycles. The van der Waals surface area contributed by atoms with Crippen LogP contribution in [0.2, 0.25) is 0 Å². The first-order valence-electron chi connectivity index (χ1n) is 8.84. The zero-order valence-corrected chi connectivity index (χ0v) is 16.0. The first-order chi connectivity index (χ1) is 12.7. The van der Waals surface area contributed by atoms with Gasteiger partial charge in [0.15, 0.2) is 0 Å². The summed E-state index contributed by atoms with van der Waals surface area (Å²) in [4.78, 5) is 34.5. The molecule has 0 saturated carbocycles. The Hall–Kier alpha value is -2.77. The summed E-state index contributed by atoms with van der Waals surface area (Å²) in [5, 5.41) is 14.1. The van der Waals surface area contributed by atoms with E-state index in [0.29, 0.717) is 19.4 Å². The molecule has 1 atom stereocenters. The van der Waals surface area contributed by atoms with Crippen molar-refractivity contribution in [1.82, 2.24) is 10.6 Å². The lowest BCUT2D eigenvalue weighted by Gasteiger charge is -2.22. The second-order valence-corrected chi connectivity index (χ2v) is 7.02. The van der Waals surface area contributed by atoms with E-state index >= 15 is 0 Å². The number of carboxylic acids is 1. The molecule has 8 nitrogen and oxygen atoms in total. The molecule has 0 aliphatic heterocycles. The number of alkyl carbamates (subject to hydrolysis) is 2. The average molecular weight is 381 g/mol. The molecule has 0 spiro atoms. The summed E-state index contributed by atoms with van der Waals surface area (Å²) in [7, 11) is 0. The van der Waals surface area contributed by atoms with Gasteiger partial charge in [-0.25, -0.2) is 14.4 Å². The van der Waals surface area contributed by atoms with Gasteiger partial charge >= 0.3 is 18.2 Å². The average Bonchev–Trinajstić information content (AvgIpc) is 2.57. The van der Waals surface area contributed by atoms with Gasteiger partial charge in [-0.2, -0.15) is 0 Å². The van der Waals surface area contributed by atoms with Gasteiger partial charge in [-0.3, -0.25) is 0 Å². The van der Waals surface area contributed by atoms with Crippen molar-refractivity contribution in [1.29, 1.82) is 0 Å². The normalized spacial score (nSPS) is 12.0. The molecule has 2 amide bonds. The molecule has 0 aliphatic rings. The maximum Gasteiger partial charge on any atom is 0.408 e. The van der Waals surface area contributed by atoms with Gasteiger partial charge in [0, 0.05) is 6.54 Å². The van der Waals surface area contributed by atoms with Gasteiger partial charge in [0.1, 0.15) is 18.2 Å². The zero-order chi connectivity index (χ0) is 20.3. The van der Waals surface area contributed by atoms with E-state index in [1.54, 1.807) is 20.8 Å². The van der Waals surface area contributed by atoms with Gasteiger partial charge in [-0.15, -0.1) is 0 Å². The second-order valence-electron chi connectivity index (χ2n) is 7.02. The second kappa shape index (κ2) is 11.1. The Morgan fingerprint density at radius 1 is 1.07 bits per heavy atom.